The number of nitrogens with one attached hydrogen (secondary N) is 1. The van der Waals surface area contributed by atoms with E-state index < -0.39 is 0 Å². The molecule has 0 aromatic heterocycles. The van der Waals surface area contributed by atoms with Gasteiger partial charge in [0.15, 0.2) is 0 Å². The second-order valence-electron chi connectivity index (χ2n) is 4.43. The Hall–Kier alpha value is -0.240. The zero-order valence-corrected chi connectivity index (χ0v) is 10.4. The van der Waals surface area contributed by atoms with E-state index in [0.29, 0.717) is 6.42 Å². The Labute approximate surface area is 97.8 Å². The molecule has 2 nitrogen and oxygen atoms in total. The van der Waals surface area contributed by atoms with Crippen LogP contribution in [-0.2, 0) is 4.79 Å². The van der Waals surface area contributed by atoms with Crippen LogP contribution in [0.4, 0.5) is 0 Å². The van der Waals surface area contributed by atoms with E-state index in [4.69, 9.17) is 11.6 Å². The number of unbranched alkanes of at least 4 members (excludes halogenated alkanes) is 2. The molecular weight excluding hydrogens is 210 g/mol. The molecule has 2 unspecified atom stereocenters. The van der Waals surface area contributed by atoms with Gasteiger partial charge >= 0.3 is 0 Å². The second-order valence-corrected chi connectivity index (χ2v) is 4.99. The standard InChI is InChI=1S/C12H22ClNO/c1-2-3-4-9-12(15)14-11-8-6-5-7-10(11)13/h10-11H,2-9H2,1H3,(H,14,15). The Morgan fingerprint density at radius 2 is 2.07 bits per heavy atom. The molecule has 0 aliphatic heterocycles. The van der Waals surface area contributed by atoms with Gasteiger partial charge < -0.3 is 5.32 Å². The molecule has 0 aromatic rings. The minimum Gasteiger partial charge on any atom is -0.352 e. The van der Waals surface area contributed by atoms with Crippen LogP contribution in [0.25, 0.3) is 0 Å². The molecule has 0 heterocycles. The van der Waals surface area contributed by atoms with Crippen LogP contribution in [0, 0.1) is 0 Å². The first-order chi connectivity index (χ1) is 7.24. The van der Waals surface area contributed by atoms with Crippen molar-refractivity contribution < 1.29 is 4.79 Å². The molecule has 88 valence electrons. The quantitative estimate of drug-likeness (QED) is 0.571. The van der Waals surface area contributed by atoms with Crippen LogP contribution in [0.1, 0.15) is 58.3 Å². The Bertz CT molecular complexity index is 196. The van der Waals surface area contributed by atoms with Crippen molar-refractivity contribution in [2.75, 3.05) is 0 Å². The minimum absolute atomic E-state index is 0.147. The molecule has 1 N–H and O–H groups in total. The maximum absolute atomic E-state index is 11.6. The first-order valence-electron chi connectivity index (χ1n) is 6.17. The van der Waals surface area contributed by atoms with Crippen molar-refractivity contribution in [2.24, 2.45) is 0 Å². The number of carbonyl (C=O) groups excluding carboxylic acids is 1. The van der Waals surface area contributed by atoms with E-state index in [9.17, 15) is 4.79 Å². The topological polar surface area (TPSA) is 29.1 Å². The predicted molar refractivity (Wildman–Crippen MR) is 64.2 cm³/mol. The molecule has 1 aliphatic rings. The third-order valence-corrected chi connectivity index (χ3v) is 3.56. The fourth-order valence-electron chi connectivity index (χ4n) is 2.06. The lowest BCUT2D eigenvalue weighted by atomic mass is 9.95. The summed E-state index contributed by atoms with van der Waals surface area (Å²) in [7, 11) is 0. The maximum atomic E-state index is 11.6. The molecule has 1 fully saturated rings. The first kappa shape index (κ1) is 12.8. The summed E-state index contributed by atoms with van der Waals surface area (Å²) >= 11 is 6.17. The van der Waals surface area contributed by atoms with Gasteiger partial charge in [-0.15, -0.1) is 11.6 Å². The Morgan fingerprint density at radius 1 is 1.33 bits per heavy atom. The molecule has 1 amide bonds. The highest BCUT2D eigenvalue weighted by molar-refractivity contribution is 6.21. The van der Waals surface area contributed by atoms with Crippen molar-refractivity contribution in [3.63, 3.8) is 0 Å². The number of alkyl halides is 1. The van der Waals surface area contributed by atoms with Gasteiger partial charge in [0.1, 0.15) is 0 Å². The van der Waals surface area contributed by atoms with Gasteiger partial charge in [-0.2, -0.15) is 0 Å². The normalized spacial score (nSPS) is 26.3. The fraction of sp³-hybridized carbons (Fsp3) is 0.917. The highest BCUT2D eigenvalue weighted by Gasteiger charge is 2.24. The molecule has 15 heavy (non-hydrogen) atoms. The van der Waals surface area contributed by atoms with Crippen LogP contribution >= 0.6 is 11.6 Å². The van der Waals surface area contributed by atoms with E-state index in [2.05, 4.69) is 12.2 Å². The average Bonchev–Trinajstić information content (AvgIpc) is 2.22. The zero-order chi connectivity index (χ0) is 11.1. The van der Waals surface area contributed by atoms with Crippen LogP contribution in [0.5, 0.6) is 0 Å². The monoisotopic (exact) mass is 231 g/mol. The van der Waals surface area contributed by atoms with E-state index in [1.807, 2.05) is 0 Å². The average molecular weight is 232 g/mol. The van der Waals surface area contributed by atoms with Gasteiger partial charge in [0, 0.05) is 12.5 Å². The molecule has 0 spiro atoms. The summed E-state index contributed by atoms with van der Waals surface area (Å²) in [5.74, 6) is 0.181. The van der Waals surface area contributed by atoms with E-state index in [0.717, 1.165) is 32.1 Å². The molecule has 0 saturated heterocycles. The summed E-state index contributed by atoms with van der Waals surface area (Å²) in [5.41, 5.74) is 0. The number of hydrogen-bond donors (Lipinski definition) is 1. The largest absolute Gasteiger partial charge is 0.352 e. The summed E-state index contributed by atoms with van der Waals surface area (Å²) in [5, 5.41) is 3.20. The molecule has 0 aromatic carbocycles. The van der Waals surface area contributed by atoms with Gasteiger partial charge in [0.05, 0.1) is 5.38 Å². The third kappa shape index (κ3) is 4.87. The van der Waals surface area contributed by atoms with Crippen molar-refractivity contribution in [2.45, 2.75) is 69.7 Å². The Balaban J connectivity index is 2.18. The molecule has 1 aliphatic carbocycles. The number of rotatable bonds is 5. The summed E-state index contributed by atoms with van der Waals surface area (Å²) in [6.07, 6.45) is 8.46. The van der Waals surface area contributed by atoms with Crippen molar-refractivity contribution in [1.82, 2.24) is 5.32 Å². The molecular formula is C12H22ClNO. The lowest BCUT2D eigenvalue weighted by Gasteiger charge is -2.27. The number of hydrogen-bond acceptors (Lipinski definition) is 1. The van der Waals surface area contributed by atoms with Crippen LogP contribution in [-0.4, -0.2) is 17.3 Å². The van der Waals surface area contributed by atoms with Gasteiger partial charge in [0.25, 0.3) is 0 Å². The van der Waals surface area contributed by atoms with Crippen LogP contribution in [0.3, 0.4) is 0 Å². The van der Waals surface area contributed by atoms with Gasteiger partial charge in [-0.05, 0) is 19.3 Å². The smallest absolute Gasteiger partial charge is 0.220 e. The number of amides is 1. The first-order valence-corrected chi connectivity index (χ1v) is 6.61. The molecule has 0 radical (unpaired) electrons. The van der Waals surface area contributed by atoms with Gasteiger partial charge in [-0.3, -0.25) is 4.79 Å². The lowest BCUT2D eigenvalue weighted by Crippen LogP contribution is -2.42. The van der Waals surface area contributed by atoms with Crippen molar-refractivity contribution in [3.8, 4) is 0 Å². The maximum Gasteiger partial charge on any atom is 0.220 e. The van der Waals surface area contributed by atoms with Gasteiger partial charge in [0.2, 0.25) is 5.91 Å². The summed E-state index contributed by atoms with van der Waals surface area (Å²) < 4.78 is 0. The van der Waals surface area contributed by atoms with Gasteiger partial charge in [-0.1, -0.05) is 32.6 Å². The van der Waals surface area contributed by atoms with E-state index >= 15 is 0 Å². The van der Waals surface area contributed by atoms with Crippen LogP contribution in [0.2, 0.25) is 0 Å². The fourth-order valence-corrected chi connectivity index (χ4v) is 2.41. The lowest BCUT2D eigenvalue weighted by molar-refractivity contribution is -0.122. The summed E-state index contributed by atoms with van der Waals surface area (Å²) in [6, 6.07) is 0.217. The molecule has 0 bridgehead atoms. The van der Waals surface area contributed by atoms with E-state index in [1.165, 1.54) is 12.8 Å². The second kappa shape index (κ2) is 7.10. The van der Waals surface area contributed by atoms with Crippen LogP contribution in [0.15, 0.2) is 0 Å². The molecule has 1 rings (SSSR count). The van der Waals surface area contributed by atoms with E-state index in [-0.39, 0.29) is 17.3 Å². The molecule has 1 saturated carbocycles. The number of halogens is 1. The highest BCUT2D eigenvalue weighted by Crippen LogP contribution is 2.23. The minimum atomic E-state index is 0.147. The highest BCUT2D eigenvalue weighted by atomic mass is 35.5. The van der Waals surface area contributed by atoms with Crippen LogP contribution < -0.4 is 5.32 Å². The van der Waals surface area contributed by atoms with Crippen molar-refractivity contribution >= 4 is 17.5 Å². The molecule has 3 heteroatoms. The summed E-state index contributed by atoms with van der Waals surface area (Å²) in [6.45, 7) is 2.15. The third-order valence-electron chi connectivity index (χ3n) is 3.04. The van der Waals surface area contributed by atoms with Crippen molar-refractivity contribution in [1.29, 1.82) is 0 Å². The van der Waals surface area contributed by atoms with E-state index in [1.54, 1.807) is 0 Å². The van der Waals surface area contributed by atoms with Crippen molar-refractivity contribution in [3.05, 3.63) is 0 Å². The Kier molecular flexibility index (Phi) is 6.07. The zero-order valence-electron chi connectivity index (χ0n) is 9.60. The number of carbonyl (C=O) groups is 1. The molecule has 2 atom stereocenters. The SMILES string of the molecule is CCCCCC(=O)NC1CCCCC1Cl. The Morgan fingerprint density at radius 3 is 2.73 bits per heavy atom. The summed E-state index contributed by atoms with van der Waals surface area (Å²) in [4.78, 5) is 11.6. The van der Waals surface area contributed by atoms with Gasteiger partial charge in [-0.25, -0.2) is 0 Å². The predicted octanol–water partition coefficient (Wildman–Crippen LogP) is 3.23.